The van der Waals surface area contributed by atoms with Crippen LogP contribution in [0.2, 0.25) is 5.02 Å². The number of aryl methyl sites for hydroxylation is 1. The van der Waals surface area contributed by atoms with Crippen LogP contribution in [0.1, 0.15) is 37.8 Å². The van der Waals surface area contributed by atoms with Gasteiger partial charge in [0.1, 0.15) is 18.3 Å². The molecule has 8 nitrogen and oxygen atoms in total. The maximum atomic E-state index is 14.0. The lowest BCUT2D eigenvalue weighted by atomic mass is 10.1. The van der Waals surface area contributed by atoms with Crippen molar-refractivity contribution in [2.75, 3.05) is 24.5 Å². The third-order valence-corrected chi connectivity index (χ3v) is 8.60. The molecule has 3 aromatic rings. The zero-order valence-corrected chi connectivity index (χ0v) is 24.8. The van der Waals surface area contributed by atoms with Gasteiger partial charge in [-0.3, -0.25) is 13.9 Å². The predicted octanol–water partition coefficient (Wildman–Crippen LogP) is 5.19. The molecule has 0 unspecified atom stereocenters. The molecule has 0 radical (unpaired) electrons. The summed E-state index contributed by atoms with van der Waals surface area (Å²) in [5, 5.41) is 3.28. The fourth-order valence-electron chi connectivity index (χ4n) is 4.14. The number of nitrogens with zero attached hydrogens (tertiary/aromatic N) is 2. The molecular formula is C30H36ClN3O5S. The van der Waals surface area contributed by atoms with Crippen LogP contribution in [0.3, 0.4) is 0 Å². The Labute approximate surface area is 241 Å². The first-order valence-corrected chi connectivity index (χ1v) is 14.9. The van der Waals surface area contributed by atoms with Gasteiger partial charge in [-0.05, 0) is 73.9 Å². The predicted molar refractivity (Wildman–Crippen MR) is 158 cm³/mol. The average molecular weight is 586 g/mol. The third-order valence-electron chi connectivity index (χ3n) is 6.57. The minimum atomic E-state index is -4.16. The number of carbonyl (C=O) groups is 2. The lowest BCUT2D eigenvalue weighted by Crippen LogP contribution is -2.51. The first-order chi connectivity index (χ1) is 19.1. The summed E-state index contributed by atoms with van der Waals surface area (Å²) < 4.78 is 34.1. The van der Waals surface area contributed by atoms with E-state index in [4.69, 9.17) is 16.3 Å². The van der Waals surface area contributed by atoms with Crippen LogP contribution < -0.4 is 14.4 Å². The second kappa shape index (κ2) is 14.2. The molecule has 0 aliphatic rings. The van der Waals surface area contributed by atoms with E-state index in [-0.39, 0.29) is 17.3 Å². The molecular weight excluding hydrogens is 550 g/mol. The molecule has 0 saturated carbocycles. The van der Waals surface area contributed by atoms with Crippen molar-refractivity contribution < 1.29 is 22.7 Å². The largest absolute Gasteiger partial charge is 0.497 e. The highest BCUT2D eigenvalue weighted by Crippen LogP contribution is 2.28. The maximum Gasteiger partial charge on any atom is 0.264 e. The SMILES string of the molecule is CCCCNC(=O)[C@H](C)N(Cc1ccc(OC)cc1)C(=O)CN(c1ccccc1C)S(=O)(=O)c1ccc(Cl)cc1. The molecule has 214 valence electrons. The summed E-state index contributed by atoms with van der Waals surface area (Å²) in [5.41, 5.74) is 1.82. The number of nitrogens with one attached hydrogen (secondary N) is 1. The molecule has 40 heavy (non-hydrogen) atoms. The second-order valence-corrected chi connectivity index (χ2v) is 11.7. The van der Waals surface area contributed by atoms with E-state index < -0.39 is 28.5 Å². The summed E-state index contributed by atoms with van der Waals surface area (Å²) in [4.78, 5) is 28.4. The molecule has 10 heteroatoms. The summed E-state index contributed by atoms with van der Waals surface area (Å²) in [7, 11) is -2.59. The normalized spacial score (nSPS) is 11.9. The highest BCUT2D eigenvalue weighted by Gasteiger charge is 2.33. The van der Waals surface area contributed by atoms with Gasteiger partial charge in [0.2, 0.25) is 11.8 Å². The number of rotatable bonds is 13. The second-order valence-electron chi connectivity index (χ2n) is 9.44. The first-order valence-electron chi connectivity index (χ1n) is 13.1. The Kier molecular flexibility index (Phi) is 11.0. The van der Waals surface area contributed by atoms with E-state index in [0.717, 1.165) is 22.7 Å². The van der Waals surface area contributed by atoms with Gasteiger partial charge >= 0.3 is 0 Å². The summed E-state index contributed by atoms with van der Waals surface area (Å²) in [6.07, 6.45) is 1.72. The minimum Gasteiger partial charge on any atom is -0.497 e. The van der Waals surface area contributed by atoms with Crippen molar-refractivity contribution in [2.24, 2.45) is 0 Å². The summed E-state index contributed by atoms with van der Waals surface area (Å²) in [6.45, 7) is 5.55. The van der Waals surface area contributed by atoms with Gasteiger partial charge < -0.3 is 15.0 Å². The zero-order valence-electron chi connectivity index (χ0n) is 23.3. The monoisotopic (exact) mass is 585 g/mol. The van der Waals surface area contributed by atoms with Gasteiger partial charge in [-0.15, -0.1) is 0 Å². The number of anilines is 1. The lowest BCUT2D eigenvalue weighted by Gasteiger charge is -2.32. The number of unbranched alkanes of at least 4 members (excludes halogenated alkanes) is 1. The van der Waals surface area contributed by atoms with Crippen molar-refractivity contribution in [2.45, 2.75) is 51.1 Å². The van der Waals surface area contributed by atoms with Gasteiger partial charge in [-0.25, -0.2) is 8.42 Å². The summed E-state index contributed by atoms with van der Waals surface area (Å²) in [5.74, 6) is -0.167. The first kappa shape index (κ1) is 31.0. The van der Waals surface area contributed by atoms with Crippen LogP contribution in [0.15, 0.2) is 77.7 Å². The van der Waals surface area contributed by atoms with Crippen molar-refractivity contribution in [1.29, 1.82) is 0 Å². The number of ether oxygens (including phenoxy) is 1. The molecule has 3 rings (SSSR count). The molecule has 0 heterocycles. The van der Waals surface area contributed by atoms with Crippen molar-refractivity contribution in [3.8, 4) is 5.75 Å². The van der Waals surface area contributed by atoms with Gasteiger partial charge in [-0.1, -0.05) is 55.3 Å². The summed E-state index contributed by atoms with van der Waals surface area (Å²) in [6, 6.07) is 19.1. The molecule has 0 aliphatic carbocycles. The maximum absolute atomic E-state index is 14.0. The molecule has 2 amide bonds. The van der Waals surface area contributed by atoms with E-state index in [1.165, 1.54) is 29.2 Å². The molecule has 1 atom stereocenters. The Balaban J connectivity index is 2.00. The van der Waals surface area contributed by atoms with Gasteiger partial charge in [0.25, 0.3) is 10.0 Å². The van der Waals surface area contributed by atoms with Gasteiger partial charge in [0, 0.05) is 18.1 Å². The van der Waals surface area contributed by atoms with Gasteiger partial charge in [-0.2, -0.15) is 0 Å². The molecule has 0 aromatic heterocycles. The Hall–Kier alpha value is -3.56. The highest BCUT2D eigenvalue weighted by molar-refractivity contribution is 7.92. The van der Waals surface area contributed by atoms with E-state index in [1.54, 1.807) is 57.4 Å². The number of carbonyl (C=O) groups excluding carboxylic acids is 2. The van der Waals surface area contributed by atoms with E-state index >= 15 is 0 Å². The van der Waals surface area contributed by atoms with E-state index in [1.807, 2.05) is 19.1 Å². The third kappa shape index (κ3) is 7.76. The highest BCUT2D eigenvalue weighted by atomic mass is 35.5. The molecule has 3 aromatic carbocycles. The van der Waals surface area contributed by atoms with Crippen molar-refractivity contribution in [1.82, 2.24) is 10.2 Å². The number of benzene rings is 3. The molecule has 0 saturated heterocycles. The topological polar surface area (TPSA) is 96.0 Å². The molecule has 1 N–H and O–H groups in total. The number of methoxy groups -OCH3 is 1. The molecule has 0 spiro atoms. The van der Waals surface area contributed by atoms with E-state index in [0.29, 0.717) is 28.6 Å². The smallest absolute Gasteiger partial charge is 0.264 e. The molecule has 0 fully saturated rings. The quantitative estimate of drug-likeness (QED) is 0.279. The van der Waals surface area contributed by atoms with Crippen LogP contribution >= 0.6 is 11.6 Å². The van der Waals surface area contributed by atoms with Crippen molar-refractivity contribution in [3.05, 3.63) is 88.9 Å². The van der Waals surface area contributed by atoms with E-state index in [2.05, 4.69) is 5.32 Å². The van der Waals surface area contributed by atoms with E-state index in [9.17, 15) is 18.0 Å². The van der Waals surface area contributed by atoms with Crippen LogP contribution in [0.5, 0.6) is 5.75 Å². The van der Waals surface area contributed by atoms with Crippen LogP contribution in [0, 0.1) is 6.92 Å². The van der Waals surface area contributed by atoms with Crippen molar-refractivity contribution >= 4 is 39.1 Å². The number of para-hydroxylation sites is 1. The van der Waals surface area contributed by atoms with Gasteiger partial charge in [0.15, 0.2) is 0 Å². The standard InChI is InChI=1S/C30H36ClN3O5S/c1-5-6-19-32-30(36)23(3)33(20-24-11-15-26(39-4)16-12-24)29(35)21-34(28-10-8-7-9-22(28)2)40(37,38)27-17-13-25(31)14-18-27/h7-18,23H,5-6,19-21H2,1-4H3,(H,32,36)/t23-/m0/s1. The van der Waals surface area contributed by atoms with Crippen LogP contribution in [-0.4, -0.2) is 51.4 Å². The fourth-order valence-corrected chi connectivity index (χ4v) is 5.74. The van der Waals surface area contributed by atoms with Crippen LogP contribution in [-0.2, 0) is 26.2 Å². The lowest BCUT2D eigenvalue weighted by molar-refractivity contribution is -0.139. The Bertz CT molecular complexity index is 1400. The number of hydrogen-bond donors (Lipinski definition) is 1. The average Bonchev–Trinajstić information content (AvgIpc) is 2.95. The number of hydrogen-bond acceptors (Lipinski definition) is 5. The number of sulfonamides is 1. The Morgan fingerprint density at radius 1 is 1.00 bits per heavy atom. The number of amides is 2. The van der Waals surface area contributed by atoms with Crippen LogP contribution in [0.4, 0.5) is 5.69 Å². The minimum absolute atomic E-state index is 0.0000135. The Morgan fingerprint density at radius 2 is 1.65 bits per heavy atom. The van der Waals surface area contributed by atoms with Gasteiger partial charge in [0.05, 0.1) is 17.7 Å². The zero-order chi connectivity index (χ0) is 29.3. The van der Waals surface area contributed by atoms with Crippen LogP contribution in [0.25, 0.3) is 0 Å². The van der Waals surface area contributed by atoms with Crippen molar-refractivity contribution in [3.63, 3.8) is 0 Å². The summed E-state index contributed by atoms with van der Waals surface area (Å²) >= 11 is 6.00. The number of halogens is 1. The Morgan fingerprint density at radius 3 is 2.25 bits per heavy atom. The molecule has 0 aliphatic heterocycles. The molecule has 0 bridgehead atoms. The fraction of sp³-hybridized carbons (Fsp3) is 0.333.